The van der Waals surface area contributed by atoms with Gasteiger partial charge in [-0.2, -0.15) is 0 Å². The number of hydrogen-bond donors (Lipinski definition) is 1. The van der Waals surface area contributed by atoms with Crippen LogP contribution in [-0.2, 0) is 11.3 Å². The zero-order chi connectivity index (χ0) is 20.6. The Kier molecular flexibility index (Phi) is 5.92. The minimum atomic E-state index is -0.490. The van der Waals surface area contributed by atoms with Gasteiger partial charge in [-0.1, -0.05) is 18.3 Å². The molecular weight excluding hydrogens is 378 g/mol. The fraction of sp³-hybridized carbons (Fsp3) is 0.684. The Balaban J connectivity index is 2.12. The van der Waals surface area contributed by atoms with Gasteiger partial charge >= 0.3 is 5.69 Å². The van der Waals surface area contributed by atoms with Crippen molar-refractivity contribution in [2.75, 3.05) is 18.0 Å². The second-order valence-corrected chi connectivity index (χ2v) is 9.16. The maximum absolute atomic E-state index is 13.0. The average molecular weight is 408 g/mol. The molecule has 154 valence electrons. The lowest BCUT2D eigenvalue weighted by molar-refractivity contribution is -0.122. The summed E-state index contributed by atoms with van der Waals surface area (Å²) in [5.41, 5.74) is -0.510. The third kappa shape index (κ3) is 3.99. The SMILES string of the molecule is CC1CCN(c2nc3c(s2)c(=O)n(C(C)C)c(=O)n3CC(=O)NC(C)C)CC1. The molecule has 1 fully saturated rings. The molecule has 1 aliphatic rings. The molecule has 2 aromatic rings. The predicted octanol–water partition coefficient (Wildman–Crippen LogP) is 1.96. The normalized spacial score (nSPS) is 15.8. The highest BCUT2D eigenvalue weighted by Gasteiger charge is 2.24. The molecule has 3 rings (SSSR count). The Morgan fingerprint density at radius 2 is 1.86 bits per heavy atom. The lowest BCUT2D eigenvalue weighted by Crippen LogP contribution is -2.44. The van der Waals surface area contributed by atoms with Gasteiger partial charge in [-0.25, -0.2) is 9.78 Å². The third-order valence-corrected chi connectivity index (χ3v) is 6.12. The zero-order valence-electron chi connectivity index (χ0n) is 17.2. The van der Waals surface area contributed by atoms with E-state index in [-0.39, 0.29) is 30.1 Å². The number of thiazole rings is 1. The van der Waals surface area contributed by atoms with Crippen molar-refractivity contribution in [3.05, 3.63) is 20.8 Å². The molecule has 1 amide bonds. The highest BCUT2D eigenvalue weighted by atomic mass is 32.1. The summed E-state index contributed by atoms with van der Waals surface area (Å²) in [4.78, 5) is 45.1. The standard InChI is InChI=1S/C19H29N5O3S/c1-11(2)20-14(25)10-23-16-15(17(26)24(12(3)4)19(23)27)28-18(21-16)22-8-6-13(5)7-9-22/h11-13H,6-10H2,1-5H3,(H,20,25). The van der Waals surface area contributed by atoms with Crippen molar-refractivity contribution < 1.29 is 4.79 Å². The molecule has 1 N–H and O–H groups in total. The number of hydrogen-bond acceptors (Lipinski definition) is 6. The molecule has 1 saturated heterocycles. The first kappa shape index (κ1) is 20.6. The van der Waals surface area contributed by atoms with E-state index in [0.717, 1.165) is 31.1 Å². The van der Waals surface area contributed by atoms with Gasteiger partial charge in [0.05, 0.1) is 0 Å². The van der Waals surface area contributed by atoms with Crippen molar-refractivity contribution >= 4 is 32.7 Å². The monoisotopic (exact) mass is 407 g/mol. The van der Waals surface area contributed by atoms with Crippen LogP contribution < -0.4 is 21.5 Å². The summed E-state index contributed by atoms with van der Waals surface area (Å²) in [6, 6.07) is -0.332. The van der Waals surface area contributed by atoms with E-state index in [1.54, 1.807) is 13.8 Å². The summed E-state index contributed by atoms with van der Waals surface area (Å²) in [7, 11) is 0. The van der Waals surface area contributed by atoms with E-state index in [4.69, 9.17) is 0 Å². The van der Waals surface area contributed by atoms with E-state index >= 15 is 0 Å². The molecule has 0 atom stereocenters. The Morgan fingerprint density at radius 1 is 1.21 bits per heavy atom. The van der Waals surface area contributed by atoms with Crippen LogP contribution in [0.5, 0.6) is 0 Å². The molecule has 3 heterocycles. The number of amides is 1. The van der Waals surface area contributed by atoms with Crippen LogP contribution in [0.4, 0.5) is 5.13 Å². The van der Waals surface area contributed by atoms with Gasteiger partial charge < -0.3 is 10.2 Å². The summed E-state index contributed by atoms with van der Waals surface area (Å²) in [6.45, 7) is 11.2. The van der Waals surface area contributed by atoms with Crippen molar-refractivity contribution in [1.29, 1.82) is 0 Å². The molecule has 2 aromatic heterocycles. The van der Waals surface area contributed by atoms with Crippen molar-refractivity contribution in [3.63, 3.8) is 0 Å². The van der Waals surface area contributed by atoms with E-state index in [9.17, 15) is 14.4 Å². The fourth-order valence-corrected chi connectivity index (χ4v) is 4.54. The molecule has 0 radical (unpaired) electrons. The van der Waals surface area contributed by atoms with Gasteiger partial charge in [0, 0.05) is 25.2 Å². The Morgan fingerprint density at radius 3 is 2.43 bits per heavy atom. The number of nitrogens with one attached hydrogen (secondary N) is 1. The number of piperidine rings is 1. The van der Waals surface area contributed by atoms with E-state index in [2.05, 4.69) is 22.1 Å². The first-order valence-electron chi connectivity index (χ1n) is 9.89. The van der Waals surface area contributed by atoms with Crippen LogP contribution in [-0.4, -0.2) is 39.2 Å². The molecule has 0 saturated carbocycles. The van der Waals surface area contributed by atoms with Gasteiger partial charge in [0.25, 0.3) is 5.56 Å². The number of carbonyl (C=O) groups is 1. The molecule has 28 heavy (non-hydrogen) atoms. The predicted molar refractivity (Wildman–Crippen MR) is 112 cm³/mol. The Labute approximate surface area is 168 Å². The van der Waals surface area contributed by atoms with Crippen LogP contribution in [0.1, 0.15) is 53.5 Å². The molecule has 0 spiro atoms. The summed E-state index contributed by atoms with van der Waals surface area (Å²) >= 11 is 1.32. The first-order chi connectivity index (χ1) is 13.2. The number of fused-ring (bicyclic) bond motifs is 1. The molecule has 0 bridgehead atoms. The van der Waals surface area contributed by atoms with E-state index < -0.39 is 5.69 Å². The maximum Gasteiger partial charge on any atom is 0.333 e. The van der Waals surface area contributed by atoms with E-state index in [0.29, 0.717) is 16.3 Å². The molecule has 0 aliphatic carbocycles. The van der Waals surface area contributed by atoms with Crippen LogP contribution in [0.15, 0.2) is 9.59 Å². The molecule has 1 aliphatic heterocycles. The van der Waals surface area contributed by atoms with Crippen molar-refractivity contribution in [2.45, 2.75) is 66.1 Å². The van der Waals surface area contributed by atoms with Gasteiger partial charge in [-0.15, -0.1) is 0 Å². The summed E-state index contributed by atoms with van der Waals surface area (Å²) < 4.78 is 2.98. The Hall–Kier alpha value is -2.16. The second kappa shape index (κ2) is 8.06. The second-order valence-electron chi connectivity index (χ2n) is 8.18. The topological polar surface area (TPSA) is 89.2 Å². The smallest absolute Gasteiger partial charge is 0.333 e. The van der Waals surface area contributed by atoms with Crippen molar-refractivity contribution in [2.24, 2.45) is 5.92 Å². The highest BCUT2D eigenvalue weighted by molar-refractivity contribution is 7.22. The molecule has 8 nitrogen and oxygen atoms in total. The van der Waals surface area contributed by atoms with Crippen molar-refractivity contribution in [1.82, 2.24) is 19.4 Å². The lowest BCUT2D eigenvalue weighted by atomic mass is 10.00. The van der Waals surface area contributed by atoms with Gasteiger partial charge in [-0.05, 0) is 46.5 Å². The number of rotatable bonds is 5. The summed E-state index contributed by atoms with van der Waals surface area (Å²) in [5, 5.41) is 3.55. The zero-order valence-corrected chi connectivity index (χ0v) is 18.0. The quantitative estimate of drug-likeness (QED) is 0.818. The number of anilines is 1. The van der Waals surface area contributed by atoms with E-state index in [1.165, 1.54) is 20.5 Å². The first-order valence-corrected chi connectivity index (χ1v) is 10.7. The number of carbonyl (C=O) groups excluding carboxylic acids is 1. The minimum absolute atomic E-state index is 0.0315. The average Bonchev–Trinajstić information content (AvgIpc) is 3.04. The van der Waals surface area contributed by atoms with Crippen LogP contribution in [0.3, 0.4) is 0 Å². The number of nitrogens with zero attached hydrogens (tertiary/aromatic N) is 4. The van der Waals surface area contributed by atoms with Crippen LogP contribution >= 0.6 is 11.3 Å². The molecule has 9 heteroatoms. The summed E-state index contributed by atoms with van der Waals surface area (Å²) in [6.07, 6.45) is 2.16. The van der Waals surface area contributed by atoms with Crippen molar-refractivity contribution in [3.8, 4) is 0 Å². The fourth-order valence-electron chi connectivity index (χ4n) is 3.48. The van der Waals surface area contributed by atoms with Crippen LogP contribution in [0.25, 0.3) is 10.3 Å². The van der Waals surface area contributed by atoms with Crippen LogP contribution in [0.2, 0.25) is 0 Å². The minimum Gasteiger partial charge on any atom is -0.352 e. The lowest BCUT2D eigenvalue weighted by Gasteiger charge is -2.29. The largest absolute Gasteiger partial charge is 0.352 e. The molecule has 0 unspecified atom stereocenters. The summed E-state index contributed by atoms with van der Waals surface area (Å²) in [5.74, 6) is 0.412. The number of aromatic nitrogens is 3. The molecular formula is C19H29N5O3S. The van der Waals surface area contributed by atoms with Gasteiger partial charge in [0.2, 0.25) is 5.91 Å². The van der Waals surface area contributed by atoms with Gasteiger partial charge in [-0.3, -0.25) is 18.7 Å². The highest BCUT2D eigenvalue weighted by Crippen LogP contribution is 2.29. The third-order valence-electron chi connectivity index (χ3n) is 5.03. The van der Waals surface area contributed by atoms with Crippen LogP contribution in [0, 0.1) is 5.92 Å². The Bertz CT molecular complexity index is 980. The maximum atomic E-state index is 13.0. The molecule has 0 aromatic carbocycles. The van der Waals surface area contributed by atoms with Gasteiger partial charge in [0.15, 0.2) is 10.8 Å². The van der Waals surface area contributed by atoms with Gasteiger partial charge in [0.1, 0.15) is 11.2 Å². The van der Waals surface area contributed by atoms with E-state index in [1.807, 2.05) is 13.8 Å².